The summed E-state index contributed by atoms with van der Waals surface area (Å²) in [5.41, 5.74) is 1.38. The van der Waals surface area contributed by atoms with E-state index < -0.39 is 10.0 Å². The average molecular weight is 553 g/mol. The molecule has 1 saturated heterocycles. The van der Waals surface area contributed by atoms with Gasteiger partial charge < -0.3 is 20.1 Å². The Hall–Kier alpha value is -3.25. The molecule has 3 aromatic heterocycles. The molecule has 0 spiro atoms. The molecular weight excluding hydrogens is 516 g/mol. The van der Waals surface area contributed by atoms with Gasteiger partial charge in [-0.05, 0) is 62.6 Å². The summed E-state index contributed by atoms with van der Waals surface area (Å²) in [5.74, 6) is 1.79. The molecule has 2 aliphatic carbocycles. The smallest absolute Gasteiger partial charge is 0.255 e. The minimum absolute atomic E-state index is 0.103. The van der Waals surface area contributed by atoms with Crippen molar-refractivity contribution < 1.29 is 13.2 Å². The molecular formula is C27H36N8O3S. The third kappa shape index (κ3) is 5.58. The van der Waals surface area contributed by atoms with Crippen molar-refractivity contribution >= 4 is 38.6 Å². The van der Waals surface area contributed by atoms with Crippen molar-refractivity contribution in [2.24, 2.45) is 5.92 Å². The Morgan fingerprint density at radius 3 is 2.56 bits per heavy atom. The highest BCUT2D eigenvalue weighted by Crippen LogP contribution is 2.33. The van der Waals surface area contributed by atoms with Crippen LogP contribution in [0.4, 0.5) is 11.6 Å². The summed E-state index contributed by atoms with van der Waals surface area (Å²) in [7, 11) is -1.30. The molecule has 2 N–H and O–H groups in total. The normalized spacial score (nSPS) is 22.6. The van der Waals surface area contributed by atoms with E-state index in [0.717, 1.165) is 55.4 Å². The average Bonchev–Trinajstić information content (AvgIpc) is 3.64. The van der Waals surface area contributed by atoms with E-state index in [0.29, 0.717) is 43.6 Å². The molecule has 4 heterocycles. The minimum atomic E-state index is -3.37. The Morgan fingerprint density at radius 2 is 1.82 bits per heavy atom. The summed E-state index contributed by atoms with van der Waals surface area (Å²) in [5, 5.41) is 4.04. The summed E-state index contributed by atoms with van der Waals surface area (Å²) >= 11 is 0. The Labute approximate surface area is 229 Å². The van der Waals surface area contributed by atoms with Gasteiger partial charge >= 0.3 is 0 Å². The Kier molecular flexibility index (Phi) is 7.15. The largest absolute Gasteiger partial charge is 0.356 e. The maximum atomic E-state index is 13.4. The first-order valence-electron chi connectivity index (χ1n) is 13.9. The summed E-state index contributed by atoms with van der Waals surface area (Å²) in [6.45, 7) is 1.84. The van der Waals surface area contributed by atoms with Crippen molar-refractivity contribution in [1.82, 2.24) is 29.6 Å². The molecule has 6 rings (SSSR count). The number of hydrogen-bond acceptors (Lipinski definition) is 8. The van der Waals surface area contributed by atoms with E-state index in [4.69, 9.17) is 0 Å². The number of H-pyrrole nitrogens is 1. The van der Waals surface area contributed by atoms with E-state index in [1.54, 1.807) is 29.0 Å². The number of hydrogen-bond donors (Lipinski definition) is 2. The number of fused-ring (bicyclic) bond motifs is 1. The fourth-order valence-electron chi connectivity index (χ4n) is 5.91. The zero-order chi connectivity index (χ0) is 27.0. The summed E-state index contributed by atoms with van der Waals surface area (Å²) in [6, 6.07) is 6.15. The van der Waals surface area contributed by atoms with E-state index in [2.05, 4.69) is 37.2 Å². The van der Waals surface area contributed by atoms with Gasteiger partial charge in [-0.2, -0.15) is 4.31 Å². The molecule has 3 aromatic rings. The van der Waals surface area contributed by atoms with Crippen LogP contribution in [-0.4, -0.2) is 89.6 Å². The lowest BCUT2D eigenvalue weighted by Crippen LogP contribution is -2.50. The summed E-state index contributed by atoms with van der Waals surface area (Å²) < 4.78 is 28.3. The van der Waals surface area contributed by atoms with Gasteiger partial charge in [0.1, 0.15) is 23.6 Å². The molecule has 11 nitrogen and oxygen atoms in total. The van der Waals surface area contributed by atoms with Crippen molar-refractivity contribution in [3.05, 3.63) is 42.5 Å². The summed E-state index contributed by atoms with van der Waals surface area (Å²) in [6.07, 6.45) is 10.8. The van der Waals surface area contributed by atoms with Crippen molar-refractivity contribution in [2.45, 2.75) is 50.6 Å². The van der Waals surface area contributed by atoms with Crippen molar-refractivity contribution in [3.63, 3.8) is 0 Å². The Balaban J connectivity index is 1.02. The second-order valence-electron chi connectivity index (χ2n) is 11.0. The molecule has 2 saturated carbocycles. The molecule has 3 aliphatic rings. The van der Waals surface area contributed by atoms with Crippen LogP contribution in [0.1, 0.15) is 48.9 Å². The second kappa shape index (κ2) is 10.7. The molecule has 1 amide bonds. The third-order valence-electron chi connectivity index (χ3n) is 8.35. The number of carbonyl (C=O) groups excluding carboxylic acids is 1. The first-order valence-corrected chi connectivity index (χ1v) is 15.5. The van der Waals surface area contributed by atoms with Crippen LogP contribution in [0.5, 0.6) is 0 Å². The highest BCUT2D eigenvalue weighted by atomic mass is 32.2. The van der Waals surface area contributed by atoms with E-state index in [1.807, 2.05) is 17.2 Å². The van der Waals surface area contributed by atoms with Crippen LogP contribution < -0.4 is 15.1 Å². The molecule has 39 heavy (non-hydrogen) atoms. The van der Waals surface area contributed by atoms with Crippen LogP contribution in [0, 0.1) is 5.92 Å². The van der Waals surface area contributed by atoms with Gasteiger partial charge in [-0.25, -0.2) is 23.4 Å². The van der Waals surface area contributed by atoms with Crippen LogP contribution in [0.2, 0.25) is 0 Å². The predicted molar refractivity (Wildman–Crippen MR) is 150 cm³/mol. The van der Waals surface area contributed by atoms with Crippen molar-refractivity contribution in [3.8, 4) is 0 Å². The predicted octanol–water partition coefficient (Wildman–Crippen LogP) is 2.39. The Morgan fingerprint density at radius 1 is 1.05 bits per heavy atom. The molecule has 0 atom stereocenters. The van der Waals surface area contributed by atoms with Crippen LogP contribution in [0.3, 0.4) is 0 Å². The number of anilines is 2. The van der Waals surface area contributed by atoms with E-state index >= 15 is 0 Å². The standard InChI is InChI=1S/C27H36N8O3S/c1-33(25-22-10-12-28-24(22)30-18-31-25)21-8-4-19(5-9-21)17-39(37,38)35-15-13-34(14-16-35)26-23(3-2-11-29-26)27(36)32-20-6-7-20/h2-3,10-12,18-21H,4-9,13-17H2,1H3,(H,32,36)(H,28,30,31)/t19-,21-. The molecule has 0 radical (unpaired) electrons. The molecule has 12 heteroatoms. The fourth-order valence-corrected chi connectivity index (χ4v) is 7.77. The van der Waals surface area contributed by atoms with Crippen molar-refractivity contribution in [2.75, 3.05) is 48.8 Å². The number of carbonyl (C=O) groups is 1. The van der Waals surface area contributed by atoms with E-state index in [-0.39, 0.29) is 23.6 Å². The number of aromatic amines is 1. The van der Waals surface area contributed by atoms with Crippen molar-refractivity contribution in [1.29, 1.82) is 0 Å². The topological polar surface area (TPSA) is 127 Å². The molecule has 208 valence electrons. The highest BCUT2D eigenvalue weighted by Gasteiger charge is 2.34. The SMILES string of the molecule is CN(c1ncnc2[nH]ccc12)[C@H]1CC[C@H](CS(=O)(=O)N2CCN(c3ncccc3C(=O)NC3CC3)CC2)CC1. The number of amides is 1. The number of pyridine rings is 1. The quantitative estimate of drug-likeness (QED) is 0.436. The van der Waals surface area contributed by atoms with E-state index in [9.17, 15) is 13.2 Å². The lowest BCUT2D eigenvalue weighted by atomic mass is 9.86. The third-order valence-corrected chi connectivity index (χ3v) is 10.4. The molecule has 0 bridgehead atoms. The number of rotatable bonds is 8. The Bertz CT molecular complexity index is 1420. The molecule has 0 unspecified atom stereocenters. The molecule has 1 aliphatic heterocycles. The van der Waals surface area contributed by atoms with E-state index in [1.165, 1.54) is 0 Å². The van der Waals surface area contributed by atoms with Gasteiger partial charge in [-0.3, -0.25) is 4.79 Å². The zero-order valence-electron chi connectivity index (χ0n) is 22.3. The lowest BCUT2D eigenvalue weighted by Gasteiger charge is -2.38. The maximum Gasteiger partial charge on any atom is 0.255 e. The van der Waals surface area contributed by atoms with Gasteiger partial charge in [0, 0.05) is 57.7 Å². The zero-order valence-corrected chi connectivity index (χ0v) is 23.1. The molecule has 0 aromatic carbocycles. The van der Waals surface area contributed by atoms with Crippen LogP contribution >= 0.6 is 0 Å². The number of piperazine rings is 1. The number of sulfonamides is 1. The molecule has 3 fully saturated rings. The maximum absolute atomic E-state index is 13.4. The van der Waals surface area contributed by atoms with Gasteiger partial charge in [-0.15, -0.1) is 0 Å². The number of nitrogens with zero attached hydrogens (tertiary/aromatic N) is 6. The van der Waals surface area contributed by atoms with Crippen LogP contribution in [-0.2, 0) is 10.0 Å². The van der Waals surface area contributed by atoms with Gasteiger partial charge in [0.25, 0.3) is 5.91 Å². The first-order chi connectivity index (χ1) is 18.9. The number of nitrogens with one attached hydrogen (secondary N) is 2. The monoisotopic (exact) mass is 552 g/mol. The highest BCUT2D eigenvalue weighted by molar-refractivity contribution is 7.89. The lowest BCUT2D eigenvalue weighted by molar-refractivity contribution is 0.0951. The van der Waals surface area contributed by atoms with Gasteiger partial charge in [0.15, 0.2) is 0 Å². The van der Waals surface area contributed by atoms with Crippen LogP contribution in [0.15, 0.2) is 36.9 Å². The minimum Gasteiger partial charge on any atom is -0.356 e. The van der Waals surface area contributed by atoms with Gasteiger partial charge in [0.2, 0.25) is 10.0 Å². The van der Waals surface area contributed by atoms with Gasteiger partial charge in [-0.1, -0.05) is 0 Å². The van der Waals surface area contributed by atoms with Crippen LogP contribution in [0.25, 0.3) is 11.0 Å². The van der Waals surface area contributed by atoms with Gasteiger partial charge in [0.05, 0.1) is 16.7 Å². The fraction of sp³-hybridized carbons (Fsp3) is 0.556. The number of aromatic nitrogens is 4. The first kappa shape index (κ1) is 26.0. The summed E-state index contributed by atoms with van der Waals surface area (Å²) in [4.78, 5) is 33.4. The second-order valence-corrected chi connectivity index (χ2v) is 13.0.